The van der Waals surface area contributed by atoms with E-state index in [9.17, 15) is 4.79 Å². The Labute approximate surface area is 250 Å². The minimum Gasteiger partial charge on any atom is -0.450 e. The zero-order valence-electron chi connectivity index (χ0n) is 26.8. The molecule has 0 bridgehead atoms. The highest BCUT2D eigenvalue weighted by Gasteiger charge is 2.60. The van der Waals surface area contributed by atoms with Gasteiger partial charge in [0.15, 0.2) is 14.1 Å². The van der Waals surface area contributed by atoms with Crippen molar-refractivity contribution >= 4 is 14.3 Å². The fraction of sp³-hybridized carbons (Fsp3) is 0.735. The first-order valence-electron chi connectivity index (χ1n) is 15.8. The van der Waals surface area contributed by atoms with E-state index in [1.165, 1.54) is 5.56 Å². The van der Waals surface area contributed by atoms with Crippen LogP contribution in [0.2, 0.25) is 18.1 Å². The average molecular weight is 587 g/mol. The summed E-state index contributed by atoms with van der Waals surface area (Å²) in [6, 6.07) is 13.5. The molecule has 3 rings (SSSR count). The molecular formula is C34H54O6Si. The monoisotopic (exact) mass is 586 g/mol. The van der Waals surface area contributed by atoms with Crippen LogP contribution in [0.15, 0.2) is 30.3 Å². The van der Waals surface area contributed by atoms with Crippen molar-refractivity contribution in [3.63, 3.8) is 0 Å². The van der Waals surface area contributed by atoms with E-state index in [2.05, 4.69) is 51.7 Å². The van der Waals surface area contributed by atoms with E-state index in [0.29, 0.717) is 13.2 Å². The molecular weight excluding hydrogens is 532 g/mol. The van der Waals surface area contributed by atoms with Crippen molar-refractivity contribution in [3.8, 4) is 11.8 Å². The van der Waals surface area contributed by atoms with Crippen LogP contribution < -0.4 is 0 Å². The summed E-state index contributed by atoms with van der Waals surface area (Å²) in [6.45, 7) is 17.9. The normalized spacial score (nSPS) is 27.3. The molecule has 1 aromatic rings. The second kappa shape index (κ2) is 14.7. The van der Waals surface area contributed by atoms with Crippen molar-refractivity contribution in [1.82, 2.24) is 0 Å². The molecule has 2 aliphatic heterocycles. The van der Waals surface area contributed by atoms with Gasteiger partial charge in [0.05, 0.1) is 18.8 Å². The van der Waals surface area contributed by atoms with Crippen molar-refractivity contribution in [2.75, 3.05) is 6.61 Å². The summed E-state index contributed by atoms with van der Waals surface area (Å²) in [5.41, 5.74) is 0.138. The van der Waals surface area contributed by atoms with Crippen LogP contribution in [0.4, 0.5) is 0 Å². The van der Waals surface area contributed by atoms with Gasteiger partial charge in [-0.25, -0.2) is 4.79 Å². The molecule has 0 amide bonds. The third-order valence-corrected chi connectivity index (χ3v) is 13.5. The third-order valence-electron chi connectivity index (χ3n) is 8.77. The van der Waals surface area contributed by atoms with Crippen molar-refractivity contribution < 1.29 is 28.2 Å². The number of hydrogen-bond acceptors (Lipinski definition) is 6. The van der Waals surface area contributed by atoms with Gasteiger partial charge in [-0.15, -0.1) is 0 Å². The van der Waals surface area contributed by atoms with Gasteiger partial charge >= 0.3 is 5.97 Å². The fourth-order valence-corrected chi connectivity index (χ4v) is 9.30. The molecule has 2 aliphatic rings. The Morgan fingerprint density at radius 2 is 1.68 bits per heavy atom. The first-order chi connectivity index (χ1) is 19.4. The summed E-state index contributed by atoms with van der Waals surface area (Å²) < 4.78 is 32.4. The Hall–Kier alpha value is -1.69. The third kappa shape index (κ3) is 9.40. The van der Waals surface area contributed by atoms with E-state index >= 15 is 0 Å². The maximum absolute atomic E-state index is 12.1. The molecule has 5 atom stereocenters. The topological polar surface area (TPSA) is 63.2 Å². The second-order valence-corrected chi connectivity index (χ2v) is 17.8. The molecule has 7 heteroatoms. The highest BCUT2D eigenvalue weighted by Crippen LogP contribution is 2.51. The number of carbonyl (C=O) groups is 1. The number of benzene rings is 1. The van der Waals surface area contributed by atoms with Crippen LogP contribution >= 0.6 is 0 Å². The average Bonchev–Trinajstić information content (AvgIpc) is 3.34. The molecule has 2 unspecified atom stereocenters. The summed E-state index contributed by atoms with van der Waals surface area (Å²) in [5, 5.41) is 0. The van der Waals surface area contributed by atoms with E-state index in [1.807, 2.05) is 45.9 Å². The van der Waals surface area contributed by atoms with Crippen LogP contribution in [0.1, 0.15) is 99.5 Å². The molecule has 2 fully saturated rings. The van der Waals surface area contributed by atoms with Gasteiger partial charge in [0.1, 0.15) is 11.2 Å². The van der Waals surface area contributed by atoms with Crippen LogP contribution in [-0.4, -0.2) is 50.1 Å². The van der Waals surface area contributed by atoms with Gasteiger partial charge in [-0.3, -0.25) is 0 Å². The maximum atomic E-state index is 12.1. The predicted octanol–water partition coefficient (Wildman–Crippen LogP) is 7.80. The molecule has 230 valence electrons. The van der Waals surface area contributed by atoms with Crippen molar-refractivity contribution in [2.24, 2.45) is 5.92 Å². The Balaban J connectivity index is 1.69. The molecule has 0 N–H and O–H groups in total. The van der Waals surface area contributed by atoms with E-state index in [0.717, 1.165) is 56.7 Å². The second-order valence-electron chi connectivity index (χ2n) is 13.1. The minimum atomic E-state index is -1.92. The van der Waals surface area contributed by atoms with E-state index in [4.69, 9.17) is 23.4 Å². The van der Waals surface area contributed by atoms with Gasteiger partial charge in [0.2, 0.25) is 0 Å². The summed E-state index contributed by atoms with van der Waals surface area (Å²) in [5.74, 6) is 4.48. The largest absolute Gasteiger partial charge is 0.450 e. The number of carbonyl (C=O) groups excluding carboxylic acids is 1. The van der Waals surface area contributed by atoms with Crippen molar-refractivity contribution in [2.45, 2.75) is 148 Å². The number of hydrogen-bond donors (Lipinski definition) is 0. The summed E-state index contributed by atoms with van der Waals surface area (Å²) in [7, 11) is -1.92. The SMILES string of the molecule is CC[Si](CC)(CC)O[C@]1(C)CC[C@@H](CCOCc2ccccc2)OC12CCC(C[C@@H](C)C#CC(=O)OC(C)(C)C)O2. The molecule has 0 aromatic heterocycles. The van der Waals surface area contributed by atoms with Crippen LogP contribution in [-0.2, 0) is 34.8 Å². The van der Waals surface area contributed by atoms with Crippen LogP contribution in [0.3, 0.4) is 0 Å². The van der Waals surface area contributed by atoms with Gasteiger partial charge in [0, 0.05) is 24.9 Å². The van der Waals surface area contributed by atoms with Crippen LogP contribution in [0, 0.1) is 17.8 Å². The predicted molar refractivity (Wildman–Crippen MR) is 166 cm³/mol. The molecule has 1 spiro atoms. The molecule has 41 heavy (non-hydrogen) atoms. The van der Waals surface area contributed by atoms with E-state index < -0.39 is 31.3 Å². The highest BCUT2D eigenvalue weighted by molar-refractivity contribution is 6.73. The molecule has 0 saturated carbocycles. The minimum absolute atomic E-state index is 0.00370. The quantitative estimate of drug-likeness (QED) is 0.0819. The van der Waals surface area contributed by atoms with Crippen molar-refractivity contribution in [1.29, 1.82) is 0 Å². The van der Waals surface area contributed by atoms with Crippen LogP contribution in [0.25, 0.3) is 0 Å². The lowest BCUT2D eigenvalue weighted by Crippen LogP contribution is -2.64. The first-order valence-corrected chi connectivity index (χ1v) is 18.3. The molecule has 6 nitrogen and oxygen atoms in total. The number of ether oxygens (including phenoxy) is 4. The number of esters is 1. The summed E-state index contributed by atoms with van der Waals surface area (Å²) in [6.07, 6.45) is 5.14. The molecule has 0 radical (unpaired) electrons. The lowest BCUT2D eigenvalue weighted by atomic mass is 9.83. The standard InChI is InChI=1S/C34H54O6Si/c1-9-41(10-2,11-3)40-33(8)22-19-29(21-24-36-26-28-15-13-12-14-16-28)37-34(33)23-20-30(38-34)25-27(4)17-18-31(35)39-32(5,6)7/h12-16,27,29-30H,9-11,19-26H2,1-8H3/t27-,29-,30?,33+,34?/m0/s1. The zero-order chi connectivity index (χ0) is 30.2. The molecule has 2 saturated heterocycles. The molecule has 2 heterocycles. The van der Waals surface area contributed by atoms with Gasteiger partial charge < -0.3 is 23.4 Å². The van der Waals surface area contributed by atoms with Crippen molar-refractivity contribution in [3.05, 3.63) is 35.9 Å². The maximum Gasteiger partial charge on any atom is 0.384 e. The Kier molecular flexibility index (Phi) is 12.1. The number of rotatable bonds is 12. The van der Waals surface area contributed by atoms with Gasteiger partial charge in [-0.2, -0.15) is 0 Å². The Morgan fingerprint density at radius 3 is 2.32 bits per heavy atom. The first kappa shape index (κ1) is 33.8. The summed E-state index contributed by atoms with van der Waals surface area (Å²) in [4.78, 5) is 12.1. The fourth-order valence-electron chi connectivity index (χ4n) is 6.15. The summed E-state index contributed by atoms with van der Waals surface area (Å²) >= 11 is 0. The zero-order valence-corrected chi connectivity index (χ0v) is 27.8. The van der Waals surface area contributed by atoms with Gasteiger partial charge in [-0.1, -0.05) is 63.9 Å². The molecule has 0 aliphatic carbocycles. The smallest absolute Gasteiger partial charge is 0.384 e. The Bertz CT molecular complexity index is 1010. The van der Waals surface area contributed by atoms with E-state index in [1.54, 1.807) is 0 Å². The van der Waals surface area contributed by atoms with Crippen LogP contribution in [0.5, 0.6) is 0 Å². The van der Waals surface area contributed by atoms with E-state index in [-0.39, 0.29) is 18.1 Å². The Morgan fingerprint density at radius 1 is 1.05 bits per heavy atom. The van der Waals surface area contributed by atoms with Gasteiger partial charge in [0.25, 0.3) is 0 Å². The highest BCUT2D eigenvalue weighted by atomic mass is 28.4. The lowest BCUT2D eigenvalue weighted by Gasteiger charge is -2.54. The molecule has 1 aromatic carbocycles. The lowest BCUT2D eigenvalue weighted by molar-refractivity contribution is -0.342. The van der Waals surface area contributed by atoms with Gasteiger partial charge in [-0.05, 0) is 83.5 Å².